The number of ether oxygens (including phenoxy) is 1. The molecule has 102 valence electrons. The van der Waals surface area contributed by atoms with Crippen LogP contribution in [0.1, 0.15) is 17.3 Å². The van der Waals surface area contributed by atoms with Crippen molar-refractivity contribution in [2.24, 2.45) is 0 Å². The van der Waals surface area contributed by atoms with Gasteiger partial charge in [-0.2, -0.15) is 10.2 Å². The van der Waals surface area contributed by atoms with E-state index in [9.17, 15) is 9.18 Å². The van der Waals surface area contributed by atoms with Gasteiger partial charge in [-0.1, -0.05) is 0 Å². The maximum absolute atomic E-state index is 13.8. The van der Waals surface area contributed by atoms with E-state index in [4.69, 9.17) is 4.74 Å². The molecule has 0 unspecified atom stereocenters. The lowest BCUT2D eigenvalue weighted by molar-refractivity contribution is 0.0526. The zero-order valence-electron chi connectivity index (χ0n) is 10.6. The molecule has 7 heteroatoms. The summed E-state index contributed by atoms with van der Waals surface area (Å²) >= 11 is 0. The molecule has 1 aromatic carbocycles. The second-order valence-electron chi connectivity index (χ2n) is 4.16. The summed E-state index contributed by atoms with van der Waals surface area (Å²) in [5, 5.41) is 11.0. The van der Waals surface area contributed by atoms with Crippen LogP contribution in [0.15, 0.2) is 30.7 Å². The zero-order valence-corrected chi connectivity index (χ0v) is 10.6. The summed E-state index contributed by atoms with van der Waals surface area (Å²) in [6.07, 6.45) is 4.41. The molecule has 0 saturated carbocycles. The highest BCUT2D eigenvalue weighted by Gasteiger charge is 2.12. The Balaban J connectivity index is 2.00. The molecule has 3 aromatic rings. The Morgan fingerprint density at radius 3 is 3.10 bits per heavy atom. The molecule has 6 nitrogen and oxygen atoms in total. The molecule has 0 spiro atoms. The van der Waals surface area contributed by atoms with Crippen LogP contribution in [-0.2, 0) is 4.74 Å². The Morgan fingerprint density at radius 1 is 1.45 bits per heavy atom. The first kappa shape index (κ1) is 12.3. The molecule has 2 heterocycles. The van der Waals surface area contributed by atoms with Gasteiger partial charge < -0.3 is 4.74 Å². The van der Waals surface area contributed by atoms with Crippen molar-refractivity contribution in [3.05, 3.63) is 42.1 Å². The molecular weight excluding hydrogens is 263 g/mol. The van der Waals surface area contributed by atoms with Crippen molar-refractivity contribution in [3.63, 3.8) is 0 Å². The smallest absolute Gasteiger partial charge is 0.341 e. The third-order valence-corrected chi connectivity index (χ3v) is 2.84. The monoisotopic (exact) mass is 274 g/mol. The highest BCUT2D eigenvalue weighted by molar-refractivity contribution is 5.89. The van der Waals surface area contributed by atoms with Crippen LogP contribution >= 0.6 is 0 Å². The van der Waals surface area contributed by atoms with Gasteiger partial charge >= 0.3 is 5.97 Å². The molecule has 0 atom stereocenters. The lowest BCUT2D eigenvalue weighted by Crippen LogP contribution is -2.03. The van der Waals surface area contributed by atoms with Gasteiger partial charge in [0.25, 0.3) is 0 Å². The number of fused-ring (bicyclic) bond motifs is 1. The van der Waals surface area contributed by atoms with Gasteiger partial charge in [0.05, 0.1) is 30.3 Å². The van der Waals surface area contributed by atoms with Crippen molar-refractivity contribution in [2.75, 3.05) is 6.61 Å². The molecule has 20 heavy (non-hydrogen) atoms. The van der Waals surface area contributed by atoms with Crippen LogP contribution in [0.5, 0.6) is 0 Å². The number of nitrogens with one attached hydrogen (secondary N) is 1. The maximum Gasteiger partial charge on any atom is 0.341 e. The predicted octanol–water partition coefficient (Wildman–Crippen LogP) is 2.06. The number of carbonyl (C=O) groups is 1. The highest BCUT2D eigenvalue weighted by Crippen LogP contribution is 2.20. The summed E-state index contributed by atoms with van der Waals surface area (Å²) in [5.74, 6) is -0.883. The lowest BCUT2D eigenvalue weighted by atomic mass is 10.2. The first-order chi connectivity index (χ1) is 9.69. The van der Waals surface area contributed by atoms with Crippen molar-refractivity contribution in [2.45, 2.75) is 6.92 Å². The van der Waals surface area contributed by atoms with Crippen LogP contribution in [0.2, 0.25) is 0 Å². The van der Waals surface area contributed by atoms with E-state index in [0.29, 0.717) is 28.8 Å². The van der Waals surface area contributed by atoms with Gasteiger partial charge in [0, 0.05) is 17.6 Å². The van der Waals surface area contributed by atoms with Gasteiger partial charge in [-0.05, 0) is 13.0 Å². The fourth-order valence-electron chi connectivity index (χ4n) is 1.92. The number of aromatic amines is 1. The summed E-state index contributed by atoms with van der Waals surface area (Å²) in [5.41, 5.74) is 1.16. The number of hydrogen-bond acceptors (Lipinski definition) is 4. The first-order valence-electron chi connectivity index (χ1n) is 6.04. The van der Waals surface area contributed by atoms with Crippen molar-refractivity contribution in [1.29, 1.82) is 0 Å². The van der Waals surface area contributed by atoms with Crippen molar-refractivity contribution in [3.8, 4) is 5.69 Å². The molecule has 3 rings (SSSR count). The molecule has 0 aliphatic rings. The molecule has 0 radical (unpaired) electrons. The quantitative estimate of drug-likeness (QED) is 0.742. The van der Waals surface area contributed by atoms with Crippen molar-refractivity contribution in [1.82, 2.24) is 20.0 Å². The Labute approximate surface area is 113 Å². The van der Waals surface area contributed by atoms with Gasteiger partial charge in [0.2, 0.25) is 0 Å². The number of carbonyl (C=O) groups excluding carboxylic acids is 1. The van der Waals surface area contributed by atoms with Crippen molar-refractivity contribution >= 4 is 16.9 Å². The van der Waals surface area contributed by atoms with Gasteiger partial charge in [0.1, 0.15) is 5.52 Å². The standard InChI is InChI=1S/C13H11FN4O2/c1-2-20-13(19)9-6-16-18(7-9)10-3-8-5-15-17-12(8)11(14)4-10/h3-7H,2H2,1H3,(H,15,17). The summed E-state index contributed by atoms with van der Waals surface area (Å²) in [6, 6.07) is 3.05. The number of halogens is 1. The molecule has 0 bridgehead atoms. The van der Waals surface area contributed by atoms with Gasteiger partial charge in [-0.3, -0.25) is 5.10 Å². The van der Waals surface area contributed by atoms with Crippen LogP contribution in [0.25, 0.3) is 16.6 Å². The SMILES string of the molecule is CCOC(=O)c1cnn(-c2cc(F)c3[nH]ncc3c2)c1. The van der Waals surface area contributed by atoms with E-state index in [1.807, 2.05) is 0 Å². The zero-order chi connectivity index (χ0) is 14.1. The number of H-pyrrole nitrogens is 1. The van der Waals surface area contributed by atoms with Crippen molar-refractivity contribution < 1.29 is 13.9 Å². The third-order valence-electron chi connectivity index (χ3n) is 2.84. The lowest BCUT2D eigenvalue weighted by Gasteiger charge is -2.02. The number of rotatable bonds is 3. The second kappa shape index (κ2) is 4.76. The number of esters is 1. The summed E-state index contributed by atoms with van der Waals surface area (Å²) in [4.78, 5) is 11.6. The Hall–Kier alpha value is -2.70. The number of hydrogen-bond donors (Lipinski definition) is 1. The van der Waals surface area contributed by atoms with E-state index in [1.54, 1.807) is 13.0 Å². The van der Waals surface area contributed by atoms with Crippen LogP contribution in [0, 0.1) is 5.82 Å². The maximum atomic E-state index is 13.8. The Bertz CT molecular complexity index is 778. The van der Waals surface area contributed by atoms with E-state index in [1.165, 1.54) is 29.3 Å². The Kier molecular flexibility index (Phi) is 2.94. The van der Waals surface area contributed by atoms with Crippen LogP contribution in [0.3, 0.4) is 0 Å². The highest BCUT2D eigenvalue weighted by atomic mass is 19.1. The van der Waals surface area contributed by atoms with Gasteiger partial charge in [0.15, 0.2) is 5.82 Å². The minimum atomic E-state index is -0.455. The van der Waals surface area contributed by atoms with E-state index in [0.717, 1.165) is 0 Å². The topological polar surface area (TPSA) is 72.8 Å². The van der Waals surface area contributed by atoms with E-state index in [-0.39, 0.29) is 0 Å². The largest absolute Gasteiger partial charge is 0.462 e. The summed E-state index contributed by atoms with van der Waals surface area (Å²) in [7, 11) is 0. The minimum Gasteiger partial charge on any atom is -0.462 e. The molecular formula is C13H11FN4O2. The van der Waals surface area contributed by atoms with Gasteiger partial charge in [-0.25, -0.2) is 13.9 Å². The third kappa shape index (κ3) is 2.03. The first-order valence-corrected chi connectivity index (χ1v) is 6.04. The van der Waals surface area contributed by atoms with Crippen LogP contribution in [-0.4, -0.2) is 32.6 Å². The minimum absolute atomic E-state index is 0.291. The van der Waals surface area contributed by atoms with E-state index < -0.39 is 11.8 Å². The average molecular weight is 274 g/mol. The molecule has 0 aliphatic heterocycles. The van der Waals surface area contributed by atoms with E-state index in [2.05, 4.69) is 15.3 Å². The average Bonchev–Trinajstić information content (AvgIpc) is 3.08. The number of aromatic nitrogens is 4. The molecule has 0 aliphatic carbocycles. The number of benzene rings is 1. The van der Waals surface area contributed by atoms with Crippen LogP contribution in [0.4, 0.5) is 4.39 Å². The molecule has 1 N–H and O–H groups in total. The second-order valence-corrected chi connectivity index (χ2v) is 4.16. The Morgan fingerprint density at radius 2 is 2.30 bits per heavy atom. The summed E-state index contributed by atoms with van der Waals surface area (Å²) in [6.45, 7) is 2.02. The normalized spacial score (nSPS) is 10.9. The predicted molar refractivity (Wildman–Crippen MR) is 69.1 cm³/mol. The van der Waals surface area contributed by atoms with E-state index >= 15 is 0 Å². The van der Waals surface area contributed by atoms with Gasteiger partial charge in [-0.15, -0.1) is 0 Å². The molecule has 0 saturated heterocycles. The van der Waals surface area contributed by atoms with Crippen LogP contribution < -0.4 is 0 Å². The number of nitrogens with zero attached hydrogens (tertiary/aromatic N) is 3. The fraction of sp³-hybridized carbons (Fsp3) is 0.154. The fourth-order valence-corrected chi connectivity index (χ4v) is 1.92. The summed E-state index contributed by atoms with van der Waals surface area (Å²) < 4.78 is 20.1. The molecule has 0 fully saturated rings. The molecule has 2 aromatic heterocycles. The molecule has 0 amide bonds.